The molecule has 230 valence electrons. The van der Waals surface area contributed by atoms with E-state index in [0.717, 1.165) is 0 Å². The minimum absolute atomic E-state index is 0.268. The normalized spacial score (nSPS) is 13.8. The Kier molecular flexibility index (Phi) is 14.0. The first-order valence-electron chi connectivity index (χ1n) is 14.1. The zero-order valence-electron chi connectivity index (χ0n) is 24.9. The van der Waals surface area contributed by atoms with Crippen LogP contribution in [0.2, 0.25) is 0 Å². The van der Waals surface area contributed by atoms with Gasteiger partial charge in [-0.25, -0.2) is 9.59 Å². The molecule has 0 aromatic heterocycles. The van der Waals surface area contributed by atoms with Crippen molar-refractivity contribution in [1.29, 1.82) is 0 Å². The van der Waals surface area contributed by atoms with Gasteiger partial charge in [-0.15, -0.1) is 0 Å². The highest BCUT2D eigenvalue weighted by molar-refractivity contribution is 8.76. The first-order valence-corrected chi connectivity index (χ1v) is 16.3. The summed E-state index contributed by atoms with van der Waals surface area (Å²) in [6.45, 7) is 12.4. The van der Waals surface area contributed by atoms with Crippen LogP contribution < -0.4 is 21.3 Å². The lowest BCUT2D eigenvalue weighted by Crippen LogP contribution is -2.45. The van der Waals surface area contributed by atoms with Gasteiger partial charge in [-0.1, -0.05) is 62.1 Å². The third-order valence-electron chi connectivity index (χ3n) is 6.96. The third kappa shape index (κ3) is 9.59. The van der Waals surface area contributed by atoms with Gasteiger partial charge in [0.25, 0.3) is 11.8 Å². The van der Waals surface area contributed by atoms with E-state index in [1.165, 1.54) is 21.6 Å². The van der Waals surface area contributed by atoms with Gasteiger partial charge in [0.15, 0.2) is 0 Å². The molecule has 2 aromatic carbocycles. The molecule has 12 heteroatoms. The number of hydrogen-bond acceptors (Lipinski definition) is 8. The number of amides is 2. The summed E-state index contributed by atoms with van der Waals surface area (Å²) in [4.78, 5) is 51.7. The lowest BCUT2D eigenvalue weighted by Gasteiger charge is -2.22. The molecule has 0 saturated carbocycles. The molecular weight excluding hydrogens is 576 g/mol. The monoisotopic (exact) mass is 618 g/mol. The Labute approximate surface area is 255 Å². The maximum Gasteiger partial charge on any atom is 0.326 e. The van der Waals surface area contributed by atoms with Gasteiger partial charge in [0, 0.05) is 34.3 Å². The van der Waals surface area contributed by atoms with Crippen molar-refractivity contribution in [1.82, 2.24) is 10.6 Å². The molecule has 0 bridgehead atoms. The molecule has 2 aromatic rings. The van der Waals surface area contributed by atoms with Gasteiger partial charge in [-0.2, -0.15) is 0 Å². The van der Waals surface area contributed by atoms with Crippen LogP contribution in [0.1, 0.15) is 75.1 Å². The second-order valence-electron chi connectivity index (χ2n) is 10.00. The molecule has 0 saturated heterocycles. The standard InChI is InChI=1S/C30H42N4O6S2/c1-7-17(5)25(29(37)38)33-27(35)21-15-19(31-9-3)11-13-23(21)41-42-24-14-12-20(32-10-4)16-22(24)28(36)34-26(30(39)40)18(6)8-2/h11-18,25-26,31-32H,7-10H2,1-6H3,(H,33,35)(H,34,36)(H,37,38)(H,39,40)/t17-,18-,25-,26-/m0/s1. The Hall–Kier alpha value is -3.38. The van der Waals surface area contributed by atoms with Crippen molar-refractivity contribution in [3.05, 3.63) is 47.5 Å². The minimum Gasteiger partial charge on any atom is -0.480 e. The van der Waals surface area contributed by atoms with Crippen LogP contribution in [0.3, 0.4) is 0 Å². The van der Waals surface area contributed by atoms with Crippen molar-refractivity contribution in [3.8, 4) is 0 Å². The Bertz CT molecular complexity index is 1160. The second kappa shape index (κ2) is 16.9. The van der Waals surface area contributed by atoms with E-state index in [1.807, 2.05) is 39.8 Å². The van der Waals surface area contributed by atoms with E-state index in [4.69, 9.17) is 0 Å². The van der Waals surface area contributed by atoms with Crippen molar-refractivity contribution >= 4 is 56.7 Å². The third-order valence-corrected chi connectivity index (χ3v) is 9.44. The van der Waals surface area contributed by atoms with E-state index in [0.29, 0.717) is 58.2 Å². The lowest BCUT2D eigenvalue weighted by atomic mass is 9.99. The molecule has 4 atom stereocenters. The summed E-state index contributed by atoms with van der Waals surface area (Å²) in [5.74, 6) is -3.76. The van der Waals surface area contributed by atoms with Gasteiger partial charge in [0.2, 0.25) is 0 Å². The summed E-state index contributed by atoms with van der Waals surface area (Å²) in [6.07, 6.45) is 1.17. The van der Waals surface area contributed by atoms with Crippen LogP contribution in [-0.2, 0) is 9.59 Å². The SMILES string of the molecule is CCNc1ccc(SSc2ccc(NCC)cc2C(=O)N[C@H](C(=O)O)[C@@H](C)CC)c(C(=O)N[C@H](C(=O)O)[C@@H](C)CC)c1. The Morgan fingerprint density at radius 3 is 1.31 bits per heavy atom. The van der Waals surface area contributed by atoms with Crippen molar-refractivity contribution < 1.29 is 29.4 Å². The number of carboxylic acids is 2. The van der Waals surface area contributed by atoms with Crippen LogP contribution in [0.5, 0.6) is 0 Å². The Balaban J connectivity index is 2.43. The topological polar surface area (TPSA) is 157 Å². The summed E-state index contributed by atoms with van der Waals surface area (Å²) in [5, 5.41) is 31.1. The Morgan fingerprint density at radius 1 is 0.667 bits per heavy atom. The lowest BCUT2D eigenvalue weighted by molar-refractivity contribution is -0.141. The van der Waals surface area contributed by atoms with Crippen LogP contribution in [0, 0.1) is 11.8 Å². The number of aliphatic carboxylic acids is 2. The molecule has 0 heterocycles. The summed E-state index contributed by atoms with van der Waals surface area (Å²) >= 11 is 0. The summed E-state index contributed by atoms with van der Waals surface area (Å²) in [6, 6.07) is 8.50. The fourth-order valence-corrected chi connectivity index (χ4v) is 6.40. The molecule has 42 heavy (non-hydrogen) atoms. The fourth-order valence-electron chi connectivity index (χ4n) is 4.08. The number of nitrogens with one attached hydrogen (secondary N) is 4. The van der Waals surface area contributed by atoms with E-state index in [9.17, 15) is 29.4 Å². The molecule has 0 aliphatic rings. The Morgan fingerprint density at radius 2 is 1.02 bits per heavy atom. The first kappa shape index (κ1) is 34.8. The van der Waals surface area contributed by atoms with Crippen LogP contribution in [-0.4, -0.2) is 59.1 Å². The molecule has 0 unspecified atom stereocenters. The number of rotatable bonds is 17. The number of carbonyl (C=O) groups is 4. The number of anilines is 2. The van der Waals surface area contributed by atoms with E-state index in [2.05, 4.69) is 21.3 Å². The van der Waals surface area contributed by atoms with Gasteiger partial charge < -0.3 is 31.5 Å². The second-order valence-corrected chi connectivity index (χ2v) is 12.2. The molecule has 10 nitrogen and oxygen atoms in total. The van der Waals surface area contributed by atoms with Gasteiger partial charge in [-0.3, -0.25) is 9.59 Å². The van der Waals surface area contributed by atoms with Crippen LogP contribution in [0.25, 0.3) is 0 Å². The van der Waals surface area contributed by atoms with E-state index in [-0.39, 0.29) is 11.8 Å². The van der Waals surface area contributed by atoms with Gasteiger partial charge in [0.1, 0.15) is 12.1 Å². The summed E-state index contributed by atoms with van der Waals surface area (Å²) in [7, 11) is 2.51. The summed E-state index contributed by atoms with van der Waals surface area (Å²) < 4.78 is 0. The predicted octanol–water partition coefficient (Wildman–Crippen LogP) is 5.81. The molecule has 0 aliphatic heterocycles. The van der Waals surface area contributed by atoms with Gasteiger partial charge in [0.05, 0.1) is 11.1 Å². The highest BCUT2D eigenvalue weighted by Crippen LogP contribution is 2.42. The average molecular weight is 619 g/mol. The summed E-state index contributed by atoms with van der Waals surface area (Å²) in [5.41, 5.74) is 2.04. The molecule has 2 amide bonds. The number of carbonyl (C=O) groups excluding carboxylic acids is 2. The minimum atomic E-state index is -1.10. The van der Waals surface area contributed by atoms with Crippen LogP contribution in [0.15, 0.2) is 46.2 Å². The highest BCUT2D eigenvalue weighted by atomic mass is 33.1. The molecule has 0 aliphatic carbocycles. The maximum atomic E-state index is 13.4. The average Bonchev–Trinajstić information content (AvgIpc) is 2.97. The maximum absolute atomic E-state index is 13.4. The molecule has 2 rings (SSSR count). The van der Waals surface area contributed by atoms with Crippen LogP contribution >= 0.6 is 21.6 Å². The number of benzene rings is 2. The van der Waals surface area contributed by atoms with Crippen molar-refractivity contribution in [2.75, 3.05) is 23.7 Å². The van der Waals surface area contributed by atoms with Crippen molar-refractivity contribution in [3.63, 3.8) is 0 Å². The molecule has 6 N–H and O–H groups in total. The largest absolute Gasteiger partial charge is 0.480 e. The van der Waals surface area contributed by atoms with Crippen LogP contribution in [0.4, 0.5) is 11.4 Å². The first-order chi connectivity index (χ1) is 20.0. The molecule has 0 spiro atoms. The predicted molar refractivity (Wildman–Crippen MR) is 170 cm³/mol. The van der Waals surface area contributed by atoms with E-state index in [1.54, 1.807) is 38.1 Å². The molecule has 0 fully saturated rings. The smallest absolute Gasteiger partial charge is 0.326 e. The zero-order chi connectivity index (χ0) is 31.4. The van der Waals surface area contributed by atoms with Crippen molar-refractivity contribution in [2.24, 2.45) is 11.8 Å². The van der Waals surface area contributed by atoms with Gasteiger partial charge in [-0.05, 0) is 62.1 Å². The van der Waals surface area contributed by atoms with Gasteiger partial charge >= 0.3 is 11.9 Å². The highest BCUT2D eigenvalue weighted by Gasteiger charge is 2.28. The van der Waals surface area contributed by atoms with Crippen molar-refractivity contribution in [2.45, 2.75) is 76.3 Å². The molecule has 0 radical (unpaired) electrons. The zero-order valence-corrected chi connectivity index (χ0v) is 26.6. The number of hydrogen-bond donors (Lipinski definition) is 6. The number of carboxylic acid groups (broad SMARTS) is 2. The fraction of sp³-hybridized carbons (Fsp3) is 0.467. The van der Waals surface area contributed by atoms with E-state index >= 15 is 0 Å². The molecular formula is C30H42N4O6S2. The van der Waals surface area contributed by atoms with E-state index < -0.39 is 35.8 Å². The quantitative estimate of drug-likeness (QED) is 0.120.